The van der Waals surface area contributed by atoms with E-state index in [0.29, 0.717) is 16.3 Å². The lowest BCUT2D eigenvalue weighted by Crippen LogP contribution is -2.11. The molecule has 4 heteroatoms. The SMILES string of the molecule is Cc1ccc(C)c(Oc2ccc(Cl)cc2C(N)=S)c1C. The predicted molar refractivity (Wildman–Crippen MR) is 88.1 cm³/mol. The summed E-state index contributed by atoms with van der Waals surface area (Å²) in [6.07, 6.45) is 0. The van der Waals surface area contributed by atoms with Crippen LogP contribution in [0, 0.1) is 20.8 Å². The Hall–Kier alpha value is -1.58. The van der Waals surface area contributed by atoms with E-state index in [9.17, 15) is 0 Å². The van der Waals surface area contributed by atoms with Crippen molar-refractivity contribution in [1.82, 2.24) is 0 Å². The lowest BCUT2D eigenvalue weighted by atomic mass is 10.1. The number of benzene rings is 2. The number of rotatable bonds is 3. The summed E-state index contributed by atoms with van der Waals surface area (Å²) < 4.78 is 6.04. The minimum atomic E-state index is 0.269. The number of ether oxygens (including phenoxy) is 1. The zero-order valence-electron chi connectivity index (χ0n) is 11.7. The smallest absolute Gasteiger partial charge is 0.137 e. The van der Waals surface area contributed by atoms with E-state index in [-0.39, 0.29) is 4.99 Å². The van der Waals surface area contributed by atoms with Gasteiger partial charge in [-0.3, -0.25) is 0 Å². The summed E-state index contributed by atoms with van der Waals surface area (Å²) >= 11 is 11.0. The molecule has 0 aliphatic carbocycles. The average molecular weight is 306 g/mol. The van der Waals surface area contributed by atoms with Crippen LogP contribution < -0.4 is 10.5 Å². The van der Waals surface area contributed by atoms with Gasteiger partial charge in [-0.25, -0.2) is 0 Å². The van der Waals surface area contributed by atoms with Crippen LogP contribution in [-0.4, -0.2) is 4.99 Å². The molecule has 0 spiro atoms. The van der Waals surface area contributed by atoms with Gasteiger partial charge < -0.3 is 10.5 Å². The number of nitrogens with two attached hydrogens (primary N) is 1. The van der Waals surface area contributed by atoms with Crippen LogP contribution in [0.5, 0.6) is 11.5 Å². The quantitative estimate of drug-likeness (QED) is 0.835. The molecule has 2 aromatic carbocycles. The molecule has 0 saturated carbocycles. The minimum absolute atomic E-state index is 0.269. The van der Waals surface area contributed by atoms with Gasteiger partial charge in [-0.15, -0.1) is 0 Å². The molecule has 2 N–H and O–H groups in total. The van der Waals surface area contributed by atoms with Gasteiger partial charge in [0.25, 0.3) is 0 Å². The lowest BCUT2D eigenvalue weighted by Gasteiger charge is -2.16. The van der Waals surface area contributed by atoms with Crippen molar-refractivity contribution >= 4 is 28.8 Å². The fraction of sp³-hybridized carbons (Fsp3) is 0.188. The van der Waals surface area contributed by atoms with E-state index in [2.05, 4.69) is 13.0 Å². The van der Waals surface area contributed by atoms with Gasteiger partial charge in [-0.2, -0.15) is 0 Å². The van der Waals surface area contributed by atoms with Gasteiger partial charge >= 0.3 is 0 Å². The van der Waals surface area contributed by atoms with E-state index in [4.69, 9.17) is 34.3 Å². The fourth-order valence-electron chi connectivity index (χ4n) is 1.98. The Kier molecular flexibility index (Phi) is 4.31. The Morgan fingerprint density at radius 3 is 2.40 bits per heavy atom. The van der Waals surface area contributed by atoms with Crippen LogP contribution >= 0.6 is 23.8 Å². The van der Waals surface area contributed by atoms with E-state index in [0.717, 1.165) is 16.9 Å². The van der Waals surface area contributed by atoms with Crippen molar-refractivity contribution in [2.75, 3.05) is 0 Å². The normalized spacial score (nSPS) is 10.4. The van der Waals surface area contributed by atoms with Crippen LogP contribution in [0.3, 0.4) is 0 Å². The van der Waals surface area contributed by atoms with Gasteiger partial charge in [0.1, 0.15) is 16.5 Å². The van der Waals surface area contributed by atoms with Crippen LogP contribution in [0.4, 0.5) is 0 Å². The minimum Gasteiger partial charge on any atom is -0.456 e. The fourth-order valence-corrected chi connectivity index (χ4v) is 2.31. The number of thiocarbonyl (C=S) groups is 1. The molecule has 0 heterocycles. The first-order valence-electron chi connectivity index (χ1n) is 6.24. The first-order chi connectivity index (χ1) is 9.40. The first-order valence-corrected chi connectivity index (χ1v) is 7.02. The Morgan fingerprint density at radius 1 is 1.10 bits per heavy atom. The molecule has 0 atom stereocenters. The molecule has 0 amide bonds. The molecule has 104 valence electrons. The molecular formula is C16H16ClNOS. The Labute approximate surface area is 129 Å². The van der Waals surface area contributed by atoms with Crippen LogP contribution in [-0.2, 0) is 0 Å². The van der Waals surface area contributed by atoms with Gasteiger partial charge in [-0.1, -0.05) is 36.0 Å². The van der Waals surface area contributed by atoms with Gasteiger partial charge in [0.05, 0.1) is 5.56 Å². The van der Waals surface area contributed by atoms with Crippen molar-refractivity contribution in [3.05, 3.63) is 57.6 Å². The number of hydrogen-bond acceptors (Lipinski definition) is 2. The van der Waals surface area contributed by atoms with Crippen molar-refractivity contribution in [2.24, 2.45) is 5.73 Å². The van der Waals surface area contributed by atoms with Gasteiger partial charge in [0, 0.05) is 5.02 Å². The molecule has 0 saturated heterocycles. The summed E-state index contributed by atoms with van der Waals surface area (Å²) in [5.41, 5.74) is 9.73. The van der Waals surface area contributed by atoms with Gasteiger partial charge in [0.2, 0.25) is 0 Å². The van der Waals surface area contributed by atoms with Crippen LogP contribution in [0.2, 0.25) is 5.02 Å². The highest BCUT2D eigenvalue weighted by atomic mass is 35.5. The third-order valence-electron chi connectivity index (χ3n) is 3.29. The zero-order valence-corrected chi connectivity index (χ0v) is 13.2. The topological polar surface area (TPSA) is 35.2 Å². The van der Waals surface area contributed by atoms with E-state index in [1.807, 2.05) is 19.9 Å². The number of halogens is 1. The first kappa shape index (κ1) is 14.8. The largest absolute Gasteiger partial charge is 0.456 e. The monoisotopic (exact) mass is 305 g/mol. The zero-order chi connectivity index (χ0) is 14.9. The number of hydrogen-bond donors (Lipinski definition) is 1. The highest BCUT2D eigenvalue weighted by Gasteiger charge is 2.12. The molecule has 0 aliphatic rings. The summed E-state index contributed by atoms with van der Waals surface area (Å²) in [6, 6.07) is 9.39. The van der Waals surface area contributed by atoms with Crippen molar-refractivity contribution in [3.8, 4) is 11.5 Å². The third-order valence-corrected chi connectivity index (χ3v) is 3.75. The van der Waals surface area contributed by atoms with Crippen molar-refractivity contribution in [1.29, 1.82) is 0 Å². The van der Waals surface area contributed by atoms with Crippen LogP contribution in [0.25, 0.3) is 0 Å². The molecule has 0 aliphatic heterocycles. The second-order valence-corrected chi connectivity index (χ2v) is 5.64. The summed E-state index contributed by atoms with van der Waals surface area (Å²) in [5, 5.41) is 0.581. The summed E-state index contributed by atoms with van der Waals surface area (Å²) in [7, 11) is 0. The number of aryl methyl sites for hydroxylation is 2. The van der Waals surface area contributed by atoms with Crippen LogP contribution in [0.15, 0.2) is 30.3 Å². The molecule has 0 fully saturated rings. The van der Waals surface area contributed by atoms with E-state index >= 15 is 0 Å². The van der Waals surface area contributed by atoms with E-state index in [1.54, 1.807) is 18.2 Å². The van der Waals surface area contributed by atoms with E-state index in [1.165, 1.54) is 5.56 Å². The molecule has 2 rings (SSSR count). The predicted octanol–water partition coefficient (Wildman–Crippen LogP) is 4.69. The Bertz CT molecular complexity index is 682. The third kappa shape index (κ3) is 2.94. The summed E-state index contributed by atoms with van der Waals surface area (Å²) in [6.45, 7) is 6.10. The maximum absolute atomic E-state index is 6.04. The molecule has 0 bridgehead atoms. The van der Waals surface area contributed by atoms with Crippen molar-refractivity contribution < 1.29 is 4.74 Å². The molecule has 0 aromatic heterocycles. The molecule has 2 nitrogen and oxygen atoms in total. The van der Waals surface area contributed by atoms with Crippen LogP contribution in [0.1, 0.15) is 22.3 Å². The van der Waals surface area contributed by atoms with Gasteiger partial charge in [0.15, 0.2) is 0 Å². The lowest BCUT2D eigenvalue weighted by molar-refractivity contribution is 0.473. The van der Waals surface area contributed by atoms with Gasteiger partial charge in [-0.05, 0) is 55.7 Å². The van der Waals surface area contributed by atoms with Crippen molar-refractivity contribution in [2.45, 2.75) is 20.8 Å². The highest BCUT2D eigenvalue weighted by molar-refractivity contribution is 7.80. The second kappa shape index (κ2) is 5.81. The Balaban J connectivity index is 2.51. The molecule has 20 heavy (non-hydrogen) atoms. The van der Waals surface area contributed by atoms with E-state index < -0.39 is 0 Å². The highest BCUT2D eigenvalue weighted by Crippen LogP contribution is 2.33. The average Bonchev–Trinajstić information content (AvgIpc) is 2.40. The second-order valence-electron chi connectivity index (χ2n) is 4.76. The molecule has 0 unspecified atom stereocenters. The maximum atomic E-state index is 6.04. The molecule has 0 radical (unpaired) electrons. The standard InChI is InChI=1S/C16H16ClNOS/c1-9-4-5-10(2)15(11(9)3)19-14-7-6-12(17)8-13(14)16(18)20/h4-8H,1-3H3,(H2,18,20). The summed E-state index contributed by atoms with van der Waals surface area (Å²) in [5.74, 6) is 1.46. The molecule has 2 aromatic rings. The van der Waals surface area contributed by atoms with Crippen molar-refractivity contribution in [3.63, 3.8) is 0 Å². The Morgan fingerprint density at radius 2 is 1.75 bits per heavy atom. The maximum Gasteiger partial charge on any atom is 0.137 e. The summed E-state index contributed by atoms with van der Waals surface area (Å²) in [4.78, 5) is 0.269. The molecular weight excluding hydrogens is 290 g/mol.